The molecule has 6 N–H and O–H groups in total. The Morgan fingerprint density at radius 1 is 0.654 bits per heavy atom. The van der Waals surface area contributed by atoms with Gasteiger partial charge in [-0.3, -0.25) is 4.79 Å². The third kappa shape index (κ3) is 3.53. The molecule has 0 aromatic heterocycles. The van der Waals surface area contributed by atoms with Crippen LogP contribution < -0.4 is 5.32 Å². The van der Waals surface area contributed by atoms with E-state index >= 15 is 0 Å². The summed E-state index contributed by atoms with van der Waals surface area (Å²) < 4.78 is 0. The molecule has 2 aromatic rings. The molecule has 0 fully saturated rings. The molecule has 26 heavy (non-hydrogen) atoms. The van der Waals surface area contributed by atoms with Crippen molar-refractivity contribution in [2.45, 2.75) is 0 Å². The summed E-state index contributed by atoms with van der Waals surface area (Å²) in [6, 6.07) is 4.44. The van der Waals surface area contributed by atoms with Gasteiger partial charge in [0.15, 0.2) is 0 Å². The van der Waals surface area contributed by atoms with Crippen LogP contribution in [0.4, 0.5) is 5.69 Å². The van der Waals surface area contributed by atoms with Crippen LogP contribution in [-0.4, -0.2) is 49.3 Å². The van der Waals surface area contributed by atoms with Crippen molar-refractivity contribution in [2.24, 2.45) is 0 Å². The van der Waals surface area contributed by atoms with Crippen molar-refractivity contribution >= 4 is 29.5 Å². The van der Waals surface area contributed by atoms with Crippen molar-refractivity contribution in [2.75, 3.05) is 5.32 Å². The molecule has 0 aliphatic carbocycles. The first kappa shape index (κ1) is 18.3. The Kier molecular flexibility index (Phi) is 4.78. The fourth-order valence-electron chi connectivity index (χ4n) is 2.11. The number of phenolic OH excluding ortho intramolecular Hbond substituents is 1. The maximum absolute atomic E-state index is 12.2. The highest BCUT2D eigenvalue weighted by Gasteiger charge is 2.20. The van der Waals surface area contributed by atoms with Crippen molar-refractivity contribution < 1.29 is 44.7 Å². The van der Waals surface area contributed by atoms with Crippen LogP contribution in [0.15, 0.2) is 30.3 Å². The van der Waals surface area contributed by atoms with Crippen molar-refractivity contribution in [3.05, 3.63) is 52.6 Å². The predicted molar refractivity (Wildman–Crippen MR) is 85.0 cm³/mol. The smallest absolute Gasteiger partial charge is 0.339 e. The largest absolute Gasteiger partial charge is 0.507 e. The molecule has 10 heteroatoms. The zero-order valence-corrected chi connectivity index (χ0v) is 12.8. The minimum atomic E-state index is -1.52. The van der Waals surface area contributed by atoms with E-state index in [4.69, 9.17) is 15.3 Å². The van der Waals surface area contributed by atoms with E-state index in [9.17, 15) is 29.4 Å². The van der Waals surface area contributed by atoms with E-state index in [0.717, 1.165) is 24.3 Å². The monoisotopic (exact) mass is 361 g/mol. The zero-order chi connectivity index (χ0) is 19.6. The number of hydrogen-bond acceptors (Lipinski definition) is 6. The number of carboxylic acid groups (broad SMARTS) is 3. The molecule has 10 nitrogen and oxygen atoms in total. The van der Waals surface area contributed by atoms with Gasteiger partial charge in [-0.25, -0.2) is 14.4 Å². The normalized spacial score (nSPS) is 10.2. The molecule has 0 radical (unpaired) electrons. The van der Waals surface area contributed by atoms with Gasteiger partial charge in [0.2, 0.25) is 0 Å². The minimum absolute atomic E-state index is 0.0846. The molecule has 0 saturated heterocycles. The van der Waals surface area contributed by atoms with Crippen molar-refractivity contribution in [3.8, 4) is 11.5 Å². The number of carboxylic acids is 3. The minimum Gasteiger partial charge on any atom is -0.507 e. The molecule has 0 bridgehead atoms. The van der Waals surface area contributed by atoms with Gasteiger partial charge in [0, 0.05) is 5.69 Å². The van der Waals surface area contributed by atoms with Gasteiger partial charge in [-0.15, -0.1) is 0 Å². The Balaban J connectivity index is 2.38. The highest BCUT2D eigenvalue weighted by Crippen LogP contribution is 2.28. The van der Waals surface area contributed by atoms with Crippen LogP contribution in [0.3, 0.4) is 0 Å². The Bertz CT molecular complexity index is 949. The van der Waals surface area contributed by atoms with E-state index in [1.807, 2.05) is 0 Å². The van der Waals surface area contributed by atoms with Crippen LogP contribution in [0.5, 0.6) is 11.5 Å². The predicted octanol–water partition coefficient (Wildman–Crippen LogP) is 1.44. The summed E-state index contributed by atoms with van der Waals surface area (Å²) in [5.74, 6) is -6.96. The van der Waals surface area contributed by atoms with E-state index in [1.54, 1.807) is 0 Å². The van der Waals surface area contributed by atoms with Crippen LogP contribution in [0.1, 0.15) is 41.4 Å². The number of aromatic carboxylic acids is 3. The molecule has 0 atom stereocenters. The Morgan fingerprint density at radius 3 is 1.69 bits per heavy atom. The Labute approximate surface area is 144 Å². The lowest BCUT2D eigenvalue weighted by Gasteiger charge is -2.10. The van der Waals surface area contributed by atoms with Crippen molar-refractivity contribution in [1.29, 1.82) is 0 Å². The molecule has 2 aromatic carbocycles. The summed E-state index contributed by atoms with van der Waals surface area (Å²) in [4.78, 5) is 45.2. The molecule has 0 unspecified atom stereocenters. The van der Waals surface area contributed by atoms with Crippen LogP contribution in [0.25, 0.3) is 0 Å². The maximum atomic E-state index is 12.2. The number of anilines is 1. The van der Waals surface area contributed by atoms with Gasteiger partial charge in [-0.1, -0.05) is 0 Å². The third-order valence-electron chi connectivity index (χ3n) is 3.33. The first-order valence-electron chi connectivity index (χ1n) is 6.83. The molecule has 0 saturated carbocycles. The highest BCUT2D eigenvalue weighted by atomic mass is 16.4. The number of hydrogen-bond donors (Lipinski definition) is 6. The summed E-state index contributed by atoms with van der Waals surface area (Å²) in [6.07, 6.45) is 0. The molecule has 134 valence electrons. The lowest BCUT2D eigenvalue weighted by molar-refractivity contribution is 0.0651. The van der Waals surface area contributed by atoms with Gasteiger partial charge < -0.3 is 30.8 Å². The summed E-state index contributed by atoms with van der Waals surface area (Å²) in [5, 5.41) is 48.4. The number of aromatic hydroxyl groups is 2. The molecular weight excluding hydrogens is 350 g/mol. The first-order chi connectivity index (χ1) is 12.1. The lowest BCUT2D eigenvalue weighted by Crippen LogP contribution is -2.14. The molecule has 0 aliphatic heterocycles. The van der Waals surface area contributed by atoms with Crippen LogP contribution in [0, 0.1) is 0 Å². The molecule has 2 rings (SSSR count). The van der Waals surface area contributed by atoms with Gasteiger partial charge in [0.25, 0.3) is 5.91 Å². The fourth-order valence-corrected chi connectivity index (χ4v) is 2.11. The van der Waals surface area contributed by atoms with Gasteiger partial charge in [0.1, 0.15) is 17.1 Å². The van der Waals surface area contributed by atoms with Crippen molar-refractivity contribution in [3.63, 3.8) is 0 Å². The molecule has 0 aliphatic rings. The van der Waals surface area contributed by atoms with E-state index in [0.29, 0.717) is 6.07 Å². The number of amides is 1. The second kappa shape index (κ2) is 6.81. The van der Waals surface area contributed by atoms with Gasteiger partial charge >= 0.3 is 17.9 Å². The summed E-state index contributed by atoms with van der Waals surface area (Å²) in [6.45, 7) is 0. The number of benzene rings is 2. The Morgan fingerprint density at radius 2 is 1.15 bits per heavy atom. The van der Waals surface area contributed by atoms with Crippen LogP contribution >= 0.6 is 0 Å². The van der Waals surface area contributed by atoms with Crippen LogP contribution in [0.2, 0.25) is 0 Å². The quantitative estimate of drug-likeness (QED) is 0.429. The van der Waals surface area contributed by atoms with Gasteiger partial charge in [-0.2, -0.15) is 0 Å². The van der Waals surface area contributed by atoms with Gasteiger partial charge in [-0.05, 0) is 30.3 Å². The SMILES string of the molecule is O=C(O)c1cc(O)c(C(=O)Nc2ccc(C(=O)O)c(C(=O)O)c2)cc1O. The Hall–Kier alpha value is -4.08. The van der Waals surface area contributed by atoms with Crippen LogP contribution in [-0.2, 0) is 0 Å². The van der Waals surface area contributed by atoms with E-state index in [2.05, 4.69) is 5.32 Å². The molecule has 0 heterocycles. The number of rotatable bonds is 5. The third-order valence-corrected chi connectivity index (χ3v) is 3.33. The van der Waals surface area contributed by atoms with E-state index < -0.39 is 57.6 Å². The molecular formula is C16H11NO9. The maximum Gasteiger partial charge on any atom is 0.339 e. The number of nitrogens with one attached hydrogen (secondary N) is 1. The number of phenols is 2. The van der Waals surface area contributed by atoms with Crippen molar-refractivity contribution in [1.82, 2.24) is 0 Å². The van der Waals surface area contributed by atoms with E-state index in [1.165, 1.54) is 0 Å². The highest BCUT2D eigenvalue weighted by molar-refractivity contribution is 6.09. The summed E-state index contributed by atoms with van der Waals surface area (Å²) in [5.41, 5.74) is -2.21. The summed E-state index contributed by atoms with van der Waals surface area (Å²) in [7, 11) is 0. The number of carbonyl (C=O) groups excluding carboxylic acids is 1. The summed E-state index contributed by atoms with van der Waals surface area (Å²) >= 11 is 0. The standard InChI is InChI=1S/C16H11NO9/c18-11-5-10(16(25)26)12(19)4-9(11)13(20)17-6-1-2-7(14(21)22)8(3-6)15(23)24/h1-5,18-19H,(H,17,20)(H,21,22)(H,23,24)(H,25,26). The zero-order valence-electron chi connectivity index (χ0n) is 12.8. The first-order valence-corrected chi connectivity index (χ1v) is 6.83. The second-order valence-corrected chi connectivity index (χ2v) is 5.02. The topological polar surface area (TPSA) is 181 Å². The average molecular weight is 361 g/mol. The lowest BCUT2D eigenvalue weighted by atomic mass is 10.1. The van der Waals surface area contributed by atoms with E-state index in [-0.39, 0.29) is 5.69 Å². The molecule has 1 amide bonds. The second-order valence-electron chi connectivity index (χ2n) is 5.02. The fraction of sp³-hybridized carbons (Fsp3) is 0. The molecule has 0 spiro atoms. The van der Waals surface area contributed by atoms with Gasteiger partial charge in [0.05, 0.1) is 16.7 Å². The average Bonchev–Trinajstić information content (AvgIpc) is 2.55. The number of carbonyl (C=O) groups is 4.